The van der Waals surface area contributed by atoms with Crippen LogP contribution in [-0.4, -0.2) is 69.9 Å². The number of aromatic nitrogens is 4. The van der Waals surface area contributed by atoms with E-state index in [1.54, 1.807) is 29.2 Å². The zero-order valence-corrected chi connectivity index (χ0v) is 17.4. The molecule has 0 atom stereocenters. The summed E-state index contributed by atoms with van der Waals surface area (Å²) in [5, 5.41) is 12.2. The fourth-order valence-corrected chi connectivity index (χ4v) is 4.69. The molecule has 0 bridgehead atoms. The van der Waals surface area contributed by atoms with Gasteiger partial charge in [0.1, 0.15) is 6.54 Å². The Kier molecular flexibility index (Phi) is 5.60. The summed E-state index contributed by atoms with van der Waals surface area (Å²) in [7, 11) is -3.56. The van der Waals surface area contributed by atoms with Crippen LogP contribution in [0.5, 0.6) is 0 Å². The molecule has 3 aromatic rings. The van der Waals surface area contributed by atoms with Crippen molar-refractivity contribution in [1.29, 1.82) is 0 Å². The molecule has 0 saturated carbocycles. The molecule has 0 unspecified atom stereocenters. The summed E-state index contributed by atoms with van der Waals surface area (Å²) in [6.45, 7) is 3.02. The summed E-state index contributed by atoms with van der Waals surface area (Å²) >= 11 is 0. The maximum absolute atomic E-state index is 12.8. The van der Waals surface area contributed by atoms with Crippen molar-refractivity contribution in [1.82, 2.24) is 29.4 Å². The van der Waals surface area contributed by atoms with Gasteiger partial charge in [-0.2, -0.15) is 9.10 Å². The topological polar surface area (TPSA) is 101 Å². The number of piperazine rings is 1. The Hall–Kier alpha value is -3.11. The minimum atomic E-state index is -3.56. The van der Waals surface area contributed by atoms with E-state index in [9.17, 15) is 13.2 Å². The number of carbonyl (C=O) groups excluding carboxylic acids is 1. The van der Waals surface area contributed by atoms with Crippen molar-refractivity contribution < 1.29 is 13.2 Å². The van der Waals surface area contributed by atoms with Gasteiger partial charge in [-0.1, -0.05) is 48.0 Å². The zero-order valence-electron chi connectivity index (χ0n) is 16.5. The van der Waals surface area contributed by atoms with E-state index in [4.69, 9.17) is 0 Å². The molecule has 0 spiro atoms. The van der Waals surface area contributed by atoms with Crippen LogP contribution >= 0.6 is 0 Å². The third kappa shape index (κ3) is 4.24. The van der Waals surface area contributed by atoms with Gasteiger partial charge in [-0.15, -0.1) is 10.2 Å². The maximum atomic E-state index is 12.8. The normalized spacial score (nSPS) is 15.3. The standard InChI is InChI=1S/C20H22N6O3S/c1-16-7-9-18(10-8-16)30(28,29)25-13-11-24(12-14-25)19(27)15-26-22-20(21-23-26)17-5-3-2-4-6-17/h2-10H,11-15H2,1H3. The van der Waals surface area contributed by atoms with E-state index in [1.807, 2.05) is 37.3 Å². The average molecular weight is 427 g/mol. The van der Waals surface area contributed by atoms with Gasteiger partial charge in [-0.25, -0.2) is 8.42 Å². The SMILES string of the molecule is Cc1ccc(S(=O)(=O)N2CCN(C(=O)Cn3nnc(-c4ccccc4)n3)CC2)cc1. The van der Waals surface area contributed by atoms with E-state index < -0.39 is 10.0 Å². The Morgan fingerprint density at radius 3 is 2.30 bits per heavy atom. The van der Waals surface area contributed by atoms with Gasteiger partial charge in [0.25, 0.3) is 0 Å². The lowest BCUT2D eigenvalue weighted by Crippen LogP contribution is -2.51. The van der Waals surface area contributed by atoms with Gasteiger partial charge >= 0.3 is 0 Å². The highest BCUT2D eigenvalue weighted by Gasteiger charge is 2.30. The second-order valence-corrected chi connectivity index (χ2v) is 9.05. The summed E-state index contributed by atoms with van der Waals surface area (Å²) in [6, 6.07) is 16.2. The third-order valence-electron chi connectivity index (χ3n) is 5.01. The van der Waals surface area contributed by atoms with Gasteiger partial charge < -0.3 is 4.90 Å². The first-order valence-electron chi connectivity index (χ1n) is 9.61. The van der Waals surface area contributed by atoms with Crippen molar-refractivity contribution in [3.05, 3.63) is 60.2 Å². The molecule has 1 amide bonds. The van der Waals surface area contributed by atoms with Crippen LogP contribution in [0.3, 0.4) is 0 Å². The Balaban J connectivity index is 1.36. The largest absolute Gasteiger partial charge is 0.338 e. The summed E-state index contributed by atoms with van der Waals surface area (Å²) in [5.41, 5.74) is 1.83. The smallest absolute Gasteiger partial charge is 0.246 e. The van der Waals surface area contributed by atoms with Crippen molar-refractivity contribution in [2.45, 2.75) is 18.4 Å². The molecular weight excluding hydrogens is 404 g/mol. The first-order valence-corrected chi connectivity index (χ1v) is 11.1. The number of aryl methyl sites for hydroxylation is 1. The summed E-state index contributed by atoms with van der Waals surface area (Å²) in [4.78, 5) is 15.8. The van der Waals surface area contributed by atoms with E-state index >= 15 is 0 Å². The quantitative estimate of drug-likeness (QED) is 0.607. The second kappa shape index (κ2) is 8.33. The van der Waals surface area contributed by atoms with Crippen molar-refractivity contribution in [2.24, 2.45) is 0 Å². The molecule has 4 rings (SSSR count). The number of nitrogens with zero attached hydrogens (tertiary/aromatic N) is 6. The lowest BCUT2D eigenvalue weighted by Gasteiger charge is -2.33. The molecule has 1 fully saturated rings. The number of carbonyl (C=O) groups is 1. The zero-order chi connectivity index (χ0) is 21.1. The number of hydrogen-bond donors (Lipinski definition) is 0. The average Bonchev–Trinajstić information content (AvgIpc) is 3.23. The van der Waals surface area contributed by atoms with Gasteiger partial charge in [0.15, 0.2) is 0 Å². The van der Waals surface area contributed by atoms with Gasteiger partial charge in [0, 0.05) is 31.7 Å². The highest BCUT2D eigenvalue weighted by atomic mass is 32.2. The minimum absolute atomic E-state index is 0.0372. The second-order valence-electron chi connectivity index (χ2n) is 7.11. The van der Waals surface area contributed by atoms with E-state index in [-0.39, 0.29) is 30.4 Å². The first-order chi connectivity index (χ1) is 14.4. The maximum Gasteiger partial charge on any atom is 0.246 e. The van der Waals surface area contributed by atoms with Crippen LogP contribution in [0.2, 0.25) is 0 Å². The fraction of sp³-hybridized carbons (Fsp3) is 0.300. The molecular formula is C20H22N6O3S. The Morgan fingerprint density at radius 2 is 1.63 bits per heavy atom. The number of tetrazole rings is 1. The molecule has 1 aromatic heterocycles. The lowest BCUT2D eigenvalue weighted by molar-refractivity contribution is -0.133. The predicted molar refractivity (Wildman–Crippen MR) is 110 cm³/mol. The van der Waals surface area contributed by atoms with Crippen LogP contribution in [-0.2, 0) is 21.4 Å². The van der Waals surface area contributed by atoms with Crippen LogP contribution in [0.15, 0.2) is 59.5 Å². The number of hydrogen-bond acceptors (Lipinski definition) is 6. The van der Waals surface area contributed by atoms with Crippen LogP contribution in [0.4, 0.5) is 0 Å². The summed E-state index contributed by atoms with van der Waals surface area (Å²) in [5.74, 6) is 0.289. The monoisotopic (exact) mass is 426 g/mol. The molecule has 1 aliphatic rings. The van der Waals surface area contributed by atoms with Crippen LogP contribution in [0, 0.1) is 6.92 Å². The predicted octanol–water partition coefficient (Wildman–Crippen LogP) is 1.18. The molecule has 9 nitrogen and oxygen atoms in total. The molecule has 0 aliphatic carbocycles. The molecule has 1 saturated heterocycles. The highest BCUT2D eigenvalue weighted by Crippen LogP contribution is 2.18. The van der Waals surface area contributed by atoms with Gasteiger partial charge in [0.2, 0.25) is 21.8 Å². The van der Waals surface area contributed by atoms with E-state index in [1.165, 1.54) is 9.10 Å². The molecule has 156 valence electrons. The number of amides is 1. The van der Waals surface area contributed by atoms with E-state index in [0.717, 1.165) is 11.1 Å². The molecule has 0 radical (unpaired) electrons. The number of sulfonamides is 1. The summed E-state index contributed by atoms with van der Waals surface area (Å²) in [6.07, 6.45) is 0. The molecule has 10 heteroatoms. The Morgan fingerprint density at radius 1 is 0.967 bits per heavy atom. The highest BCUT2D eigenvalue weighted by molar-refractivity contribution is 7.89. The Bertz CT molecular complexity index is 1120. The van der Waals surface area contributed by atoms with Crippen LogP contribution in [0.1, 0.15) is 5.56 Å². The Labute approximate surface area is 175 Å². The fourth-order valence-electron chi connectivity index (χ4n) is 3.27. The number of rotatable bonds is 5. The van der Waals surface area contributed by atoms with Crippen molar-refractivity contribution in [3.8, 4) is 11.4 Å². The van der Waals surface area contributed by atoms with Crippen molar-refractivity contribution >= 4 is 15.9 Å². The van der Waals surface area contributed by atoms with Crippen LogP contribution < -0.4 is 0 Å². The van der Waals surface area contributed by atoms with Crippen molar-refractivity contribution in [3.63, 3.8) is 0 Å². The van der Waals surface area contributed by atoms with Gasteiger partial charge in [0.05, 0.1) is 4.90 Å². The summed E-state index contributed by atoms with van der Waals surface area (Å²) < 4.78 is 27.0. The molecule has 0 N–H and O–H groups in total. The number of benzene rings is 2. The molecule has 2 heterocycles. The third-order valence-corrected chi connectivity index (χ3v) is 6.92. The molecule has 30 heavy (non-hydrogen) atoms. The van der Waals surface area contributed by atoms with E-state index in [0.29, 0.717) is 18.9 Å². The van der Waals surface area contributed by atoms with Crippen LogP contribution in [0.25, 0.3) is 11.4 Å². The van der Waals surface area contributed by atoms with E-state index in [2.05, 4.69) is 15.4 Å². The molecule has 1 aliphatic heterocycles. The molecule has 2 aromatic carbocycles. The van der Waals surface area contributed by atoms with Gasteiger partial charge in [-0.05, 0) is 24.3 Å². The van der Waals surface area contributed by atoms with Crippen molar-refractivity contribution in [2.75, 3.05) is 26.2 Å². The van der Waals surface area contributed by atoms with Gasteiger partial charge in [-0.3, -0.25) is 4.79 Å². The minimum Gasteiger partial charge on any atom is -0.338 e. The first kappa shape index (κ1) is 20.2. The lowest BCUT2D eigenvalue weighted by atomic mass is 10.2.